The molecular formula is C15H19N3S. The lowest BCUT2D eigenvalue weighted by molar-refractivity contribution is 0.669. The Morgan fingerprint density at radius 2 is 2.16 bits per heavy atom. The summed E-state index contributed by atoms with van der Waals surface area (Å²) in [6.07, 6.45) is 6.38. The molecule has 0 atom stereocenters. The average molecular weight is 273 g/mol. The van der Waals surface area contributed by atoms with Gasteiger partial charge in [0.15, 0.2) is 0 Å². The first-order valence-electron chi connectivity index (χ1n) is 6.53. The van der Waals surface area contributed by atoms with Gasteiger partial charge in [-0.15, -0.1) is 0 Å². The molecule has 0 saturated carbocycles. The highest BCUT2D eigenvalue weighted by atomic mass is 32.2. The number of rotatable bonds is 6. The molecule has 0 saturated heterocycles. The molecule has 1 aromatic heterocycles. The van der Waals surface area contributed by atoms with Crippen molar-refractivity contribution >= 4 is 11.8 Å². The van der Waals surface area contributed by atoms with Crippen LogP contribution in [0.15, 0.2) is 46.7 Å². The molecule has 1 heterocycles. The standard InChI is InChI=1S/C15H19N3S/c1-3-6-16-10-13-9-12(2)4-5-14(13)19-15-11-17-7-8-18-15/h4-5,7-9,11,16H,3,6,10H2,1-2H3. The Hall–Kier alpha value is -1.39. The highest BCUT2D eigenvalue weighted by Crippen LogP contribution is 2.29. The number of hydrogen-bond acceptors (Lipinski definition) is 4. The van der Waals surface area contributed by atoms with Gasteiger partial charge in [0, 0.05) is 23.8 Å². The SMILES string of the molecule is CCCNCc1cc(C)ccc1Sc1cnccn1. The first-order chi connectivity index (χ1) is 9.29. The molecule has 0 unspecified atom stereocenters. The van der Waals surface area contributed by atoms with Gasteiger partial charge in [-0.3, -0.25) is 4.98 Å². The fourth-order valence-corrected chi connectivity index (χ4v) is 2.65. The summed E-state index contributed by atoms with van der Waals surface area (Å²) < 4.78 is 0. The van der Waals surface area contributed by atoms with E-state index in [0.29, 0.717) is 0 Å². The number of aryl methyl sites for hydroxylation is 1. The third kappa shape index (κ3) is 4.33. The summed E-state index contributed by atoms with van der Waals surface area (Å²) in [6, 6.07) is 6.54. The Kier molecular flexibility index (Phi) is 5.36. The molecule has 1 aromatic carbocycles. The summed E-state index contributed by atoms with van der Waals surface area (Å²) in [5.41, 5.74) is 2.61. The first-order valence-corrected chi connectivity index (χ1v) is 7.35. The quantitative estimate of drug-likeness (QED) is 0.818. The summed E-state index contributed by atoms with van der Waals surface area (Å²) >= 11 is 1.67. The Balaban J connectivity index is 2.14. The molecule has 0 fully saturated rings. The van der Waals surface area contributed by atoms with Crippen molar-refractivity contribution in [1.29, 1.82) is 0 Å². The van der Waals surface area contributed by atoms with Gasteiger partial charge >= 0.3 is 0 Å². The molecule has 0 aliphatic carbocycles. The molecule has 0 amide bonds. The summed E-state index contributed by atoms with van der Waals surface area (Å²) in [7, 11) is 0. The molecule has 0 bridgehead atoms. The van der Waals surface area contributed by atoms with E-state index >= 15 is 0 Å². The Morgan fingerprint density at radius 3 is 2.89 bits per heavy atom. The molecule has 19 heavy (non-hydrogen) atoms. The van der Waals surface area contributed by atoms with Gasteiger partial charge in [0.1, 0.15) is 5.03 Å². The molecule has 0 radical (unpaired) electrons. The van der Waals surface area contributed by atoms with Crippen molar-refractivity contribution in [3.8, 4) is 0 Å². The van der Waals surface area contributed by atoms with E-state index in [0.717, 1.165) is 24.5 Å². The van der Waals surface area contributed by atoms with Gasteiger partial charge in [0.25, 0.3) is 0 Å². The zero-order chi connectivity index (χ0) is 13.5. The second-order valence-corrected chi connectivity index (χ2v) is 5.50. The molecule has 0 aliphatic rings. The fourth-order valence-electron chi connectivity index (χ4n) is 1.80. The zero-order valence-corrected chi connectivity index (χ0v) is 12.2. The minimum atomic E-state index is 0.901. The Labute approximate surface area is 118 Å². The molecule has 0 spiro atoms. The van der Waals surface area contributed by atoms with E-state index in [1.807, 2.05) is 0 Å². The van der Waals surface area contributed by atoms with E-state index < -0.39 is 0 Å². The van der Waals surface area contributed by atoms with Crippen molar-refractivity contribution in [1.82, 2.24) is 15.3 Å². The van der Waals surface area contributed by atoms with Crippen LogP contribution < -0.4 is 5.32 Å². The third-order valence-corrected chi connectivity index (χ3v) is 3.75. The molecule has 2 rings (SSSR count). The topological polar surface area (TPSA) is 37.8 Å². The van der Waals surface area contributed by atoms with Crippen LogP contribution in [-0.2, 0) is 6.54 Å². The van der Waals surface area contributed by atoms with Crippen LogP contribution in [0.2, 0.25) is 0 Å². The first kappa shape index (κ1) is 14.0. The van der Waals surface area contributed by atoms with E-state index in [2.05, 4.69) is 47.3 Å². The number of hydrogen-bond donors (Lipinski definition) is 1. The van der Waals surface area contributed by atoms with E-state index in [4.69, 9.17) is 0 Å². The van der Waals surface area contributed by atoms with Crippen molar-refractivity contribution in [2.45, 2.75) is 36.7 Å². The van der Waals surface area contributed by atoms with Gasteiger partial charge in [-0.2, -0.15) is 0 Å². The molecular weight excluding hydrogens is 254 g/mol. The van der Waals surface area contributed by atoms with E-state index in [1.165, 1.54) is 16.0 Å². The predicted octanol–water partition coefficient (Wildman–Crippen LogP) is 3.44. The monoisotopic (exact) mass is 273 g/mol. The van der Waals surface area contributed by atoms with Crippen LogP contribution in [0.3, 0.4) is 0 Å². The van der Waals surface area contributed by atoms with Gasteiger partial charge in [-0.1, -0.05) is 36.4 Å². The largest absolute Gasteiger partial charge is 0.313 e. The Morgan fingerprint density at radius 1 is 1.26 bits per heavy atom. The van der Waals surface area contributed by atoms with Crippen LogP contribution in [0.5, 0.6) is 0 Å². The van der Waals surface area contributed by atoms with Crippen molar-refractivity contribution in [3.63, 3.8) is 0 Å². The number of benzene rings is 1. The molecule has 100 valence electrons. The van der Waals surface area contributed by atoms with Crippen LogP contribution in [0.25, 0.3) is 0 Å². The summed E-state index contributed by atoms with van der Waals surface area (Å²) in [4.78, 5) is 9.66. The van der Waals surface area contributed by atoms with Gasteiger partial charge in [0.05, 0.1) is 6.20 Å². The minimum Gasteiger partial charge on any atom is -0.313 e. The Bertz CT molecular complexity index is 514. The van der Waals surface area contributed by atoms with Gasteiger partial charge < -0.3 is 5.32 Å². The van der Waals surface area contributed by atoms with Gasteiger partial charge in [-0.25, -0.2) is 4.98 Å². The normalized spacial score (nSPS) is 10.6. The number of nitrogens with one attached hydrogen (secondary N) is 1. The van der Waals surface area contributed by atoms with Crippen molar-refractivity contribution in [2.24, 2.45) is 0 Å². The highest BCUT2D eigenvalue weighted by molar-refractivity contribution is 7.99. The second kappa shape index (κ2) is 7.26. The maximum absolute atomic E-state index is 4.31. The molecule has 2 aromatic rings. The van der Waals surface area contributed by atoms with E-state index in [-0.39, 0.29) is 0 Å². The summed E-state index contributed by atoms with van der Waals surface area (Å²) in [6.45, 7) is 6.25. The van der Waals surface area contributed by atoms with Crippen LogP contribution in [-0.4, -0.2) is 16.5 Å². The predicted molar refractivity (Wildman–Crippen MR) is 79.3 cm³/mol. The highest BCUT2D eigenvalue weighted by Gasteiger charge is 2.05. The van der Waals surface area contributed by atoms with E-state index in [1.54, 1.807) is 30.4 Å². The second-order valence-electron chi connectivity index (χ2n) is 4.43. The van der Waals surface area contributed by atoms with Crippen LogP contribution >= 0.6 is 11.8 Å². The summed E-state index contributed by atoms with van der Waals surface area (Å²) in [5, 5.41) is 4.39. The zero-order valence-electron chi connectivity index (χ0n) is 11.4. The molecule has 4 heteroatoms. The van der Waals surface area contributed by atoms with Crippen molar-refractivity contribution in [2.75, 3.05) is 6.54 Å². The van der Waals surface area contributed by atoms with Crippen molar-refractivity contribution in [3.05, 3.63) is 47.9 Å². The average Bonchev–Trinajstić information content (AvgIpc) is 2.43. The lowest BCUT2D eigenvalue weighted by Gasteiger charge is -2.10. The summed E-state index contributed by atoms with van der Waals surface area (Å²) in [5.74, 6) is 0. The van der Waals surface area contributed by atoms with Crippen LogP contribution in [0.4, 0.5) is 0 Å². The van der Waals surface area contributed by atoms with Gasteiger partial charge in [-0.05, 0) is 31.5 Å². The van der Waals surface area contributed by atoms with Crippen LogP contribution in [0.1, 0.15) is 24.5 Å². The molecule has 1 N–H and O–H groups in total. The molecule has 3 nitrogen and oxygen atoms in total. The minimum absolute atomic E-state index is 0.901. The van der Waals surface area contributed by atoms with E-state index in [9.17, 15) is 0 Å². The fraction of sp³-hybridized carbons (Fsp3) is 0.333. The molecule has 0 aliphatic heterocycles. The number of aromatic nitrogens is 2. The van der Waals surface area contributed by atoms with Gasteiger partial charge in [0.2, 0.25) is 0 Å². The smallest absolute Gasteiger partial charge is 0.119 e. The maximum Gasteiger partial charge on any atom is 0.119 e. The van der Waals surface area contributed by atoms with Crippen molar-refractivity contribution < 1.29 is 0 Å². The lowest BCUT2D eigenvalue weighted by atomic mass is 10.1. The van der Waals surface area contributed by atoms with Crippen LogP contribution in [0, 0.1) is 6.92 Å². The lowest BCUT2D eigenvalue weighted by Crippen LogP contribution is -2.14. The maximum atomic E-state index is 4.31. The third-order valence-electron chi connectivity index (χ3n) is 2.71. The number of nitrogens with zero attached hydrogens (tertiary/aromatic N) is 2.